The van der Waals surface area contributed by atoms with Crippen molar-refractivity contribution in [2.75, 3.05) is 25.0 Å². The van der Waals surface area contributed by atoms with Gasteiger partial charge in [-0.3, -0.25) is 4.79 Å². The maximum Gasteiger partial charge on any atom is 0.241 e. The number of rotatable bonds is 5. The Morgan fingerprint density at radius 2 is 1.94 bits per heavy atom. The number of hydrogen-bond donors (Lipinski definition) is 1. The maximum atomic E-state index is 13.2. The number of carbonyl (C=O) groups is 1. The molecule has 0 aliphatic carbocycles. The SMILES string of the molecule is CCN(CC)C(=O)CNc1cc(F)ccc1F. The number of anilines is 1. The molecule has 94 valence electrons. The molecule has 0 saturated heterocycles. The van der Waals surface area contributed by atoms with Crippen LogP contribution in [0.1, 0.15) is 13.8 Å². The van der Waals surface area contributed by atoms with Gasteiger partial charge >= 0.3 is 0 Å². The first-order valence-corrected chi connectivity index (χ1v) is 5.55. The average molecular weight is 242 g/mol. The number of amides is 1. The van der Waals surface area contributed by atoms with E-state index in [-0.39, 0.29) is 18.1 Å². The molecule has 1 aromatic carbocycles. The van der Waals surface area contributed by atoms with Gasteiger partial charge in [-0.15, -0.1) is 0 Å². The van der Waals surface area contributed by atoms with Crippen LogP contribution in [0.3, 0.4) is 0 Å². The Bertz CT molecular complexity index is 392. The molecule has 1 aromatic rings. The number of halogens is 2. The summed E-state index contributed by atoms with van der Waals surface area (Å²) in [7, 11) is 0. The van der Waals surface area contributed by atoms with Gasteiger partial charge in [0, 0.05) is 13.1 Å². The van der Waals surface area contributed by atoms with Crippen molar-refractivity contribution in [3.8, 4) is 0 Å². The maximum absolute atomic E-state index is 13.2. The standard InChI is InChI=1S/C12H16F2N2O/c1-3-16(4-2)12(17)8-15-11-7-9(13)5-6-10(11)14/h5-7,15H,3-4,8H2,1-2H3. The van der Waals surface area contributed by atoms with E-state index < -0.39 is 11.6 Å². The summed E-state index contributed by atoms with van der Waals surface area (Å²) >= 11 is 0. The summed E-state index contributed by atoms with van der Waals surface area (Å²) in [5.74, 6) is -1.25. The van der Waals surface area contributed by atoms with Crippen LogP contribution in [-0.4, -0.2) is 30.4 Å². The Morgan fingerprint density at radius 1 is 1.29 bits per heavy atom. The summed E-state index contributed by atoms with van der Waals surface area (Å²) in [5.41, 5.74) is 0.00510. The molecule has 0 saturated carbocycles. The van der Waals surface area contributed by atoms with Gasteiger partial charge in [0.1, 0.15) is 11.6 Å². The molecule has 3 nitrogen and oxygen atoms in total. The first kappa shape index (κ1) is 13.4. The van der Waals surface area contributed by atoms with E-state index in [9.17, 15) is 13.6 Å². The highest BCUT2D eigenvalue weighted by molar-refractivity contribution is 5.80. The summed E-state index contributed by atoms with van der Waals surface area (Å²) in [5, 5.41) is 2.60. The van der Waals surface area contributed by atoms with Crippen LogP contribution >= 0.6 is 0 Å². The number of hydrogen-bond acceptors (Lipinski definition) is 2. The second kappa shape index (κ2) is 6.18. The van der Waals surface area contributed by atoms with Gasteiger partial charge in [-0.05, 0) is 32.0 Å². The predicted octanol–water partition coefficient (Wildman–Crippen LogP) is 2.25. The molecule has 1 amide bonds. The molecule has 1 rings (SSSR count). The van der Waals surface area contributed by atoms with E-state index in [4.69, 9.17) is 0 Å². The molecule has 0 spiro atoms. The number of nitrogens with one attached hydrogen (secondary N) is 1. The molecule has 0 aliphatic rings. The lowest BCUT2D eigenvalue weighted by molar-refractivity contribution is -0.128. The van der Waals surface area contributed by atoms with Crippen LogP contribution in [0, 0.1) is 11.6 Å². The van der Waals surface area contributed by atoms with E-state index >= 15 is 0 Å². The summed E-state index contributed by atoms with van der Waals surface area (Å²) in [6.07, 6.45) is 0. The van der Waals surface area contributed by atoms with Crippen LogP contribution in [-0.2, 0) is 4.79 Å². The highest BCUT2D eigenvalue weighted by Crippen LogP contribution is 2.14. The largest absolute Gasteiger partial charge is 0.374 e. The minimum atomic E-state index is -0.571. The van der Waals surface area contributed by atoms with Gasteiger partial charge < -0.3 is 10.2 Å². The number of benzene rings is 1. The van der Waals surface area contributed by atoms with Crippen molar-refractivity contribution in [2.24, 2.45) is 0 Å². The second-order valence-corrected chi connectivity index (χ2v) is 3.54. The van der Waals surface area contributed by atoms with Crippen molar-refractivity contribution in [3.05, 3.63) is 29.8 Å². The lowest BCUT2D eigenvalue weighted by Gasteiger charge is -2.19. The van der Waals surface area contributed by atoms with Crippen molar-refractivity contribution in [1.82, 2.24) is 4.90 Å². The fraction of sp³-hybridized carbons (Fsp3) is 0.417. The fourth-order valence-electron chi connectivity index (χ4n) is 1.49. The number of likely N-dealkylation sites (N-methyl/N-ethyl adjacent to an activating group) is 1. The van der Waals surface area contributed by atoms with Gasteiger partial charge in [-0.1, -0.05) is 0 Å². The normalized spacial score (nSPS) is 10.1. The van der Waals surface area contributed by atoms with Gasteiger partial charge in [0.25, 0.3) is 0 Å². The van der Waals surface area contributed by atoms with Crippen LogP contribution < -0.4 is 5.32 Å². The molecule has 0 unspecified atom stereocenters. The third-order valence-electron chi connectivity index (χ3n) is 2.47. The Labute approximate surface area is 99.4 Å². The topological polar surface area (TPSA) is 32.3 Å². The molecular weight excluding hydrogens is 226 g/mol. The molecule has 0 radical (unpaired) electrons. The summed E-state index contributed by atoms with van der Waals surface area (Å²) < 4.78 is 26.1. The van der Waals surface area contributed by atoms with Crippen molar-refractivity contribution in [1.29, 1.82) is 0 Å². The molecule has 0 atom stereocenters. The van der Waals surface area contributed by atoms with E-state index in [0.717, 1.165) is 18.2 Å². The first-order valence-electron chi connectivity index (χ1n) is 5.55. The van der Waals surface area contributed by atoms with Gasteiger partial charge in [-0.25, -0.2) is 8.78 Å². The monoisotopic (exact) mass is 242 g/mol. The third-order valence-corrected chi connectivity index (χ3v) is 2.47. The van der Waals surface area contributed by atoms with Gasteiger partial charge in [0.05, 0.1) is 12.2 Å². The highest BCUT2D eigenvalue weighted by atomic mass is 19.1. The quantitative estimate of drug-likeness (QED) is 0.858. The Hall–Kier alpha value is -1.65. The Kier molecular flexibility index (Phi) is 4.87. The summed E-state index contributed by atoms with van der Waals surface area (Å²) in [6.45, 7) is 4.89. The molecule has 0 aromatic heterocycles. The highest BCUT2D eigenvalue weighted by Gasteiger charge is 2.10. The first-order chi connectivity index (χ1) is 8.08. The zero-order valence-electron chi connectivity index (χ0n) is 9.96. The predicted molar refractivity (Wildman–Crippen MR) is 62.8 cm³/mol. The third kappa shape index (κ3) is 3.69. The summed E-state index contributed by atoms with van der Waals surface area (Å²) in [6, 6.07) is 3.09. The van der Waals surface area contributed by atoms with Gasteiger partial charge in [-0.2, -0.15) is 0 Å². The molecular formula is C12H16F2N2O. The lowest BCUT2D eigenvalue weighted by atomic mass is 10.3. The van der Waals surface area contributed by atoms with Crippen molar-refractivity contribution < 1.29 is 13.6 Å². The average Bonchev–Trinajstić information content (AvgIpc) is 2.32. The van der Waals surface area contributed by atoms with E-state index in [0.29, 0.717) is 13.1 Å². The van der Waals surface area contributed by atoms with Crippen molar-refractivity contribution >= 4 is 11.6 Å². The van der Waals surface area contributed by atoms with Crippen LogP contribution in [0.25, 0.3) is 0 Å². The molecule has 17 heavy (non-hydrogen) atoms. The molecule has 0 aliphatic heterocycles. The van der Waals surface area contributed by atoms with Crippen LogP contribution in [0.2, 0.25) is 0 Å². The smallest absolute Gasteiger partial charge is 0.241 e. The zero-order chi connectivity index (χ0) is 12.8. The van der Waals surface area contributed by atoms with Gasteiger partial charge in [0.2, 0.25) is 5.91 Å². The van der Waals surface area contributed by atoms with E-state index in [1.165, 1.54) is 0 Å². The molecule has 1 N–H and O–H groups in total. The molecule has 0 fully saturated rings. The van der Waals surface area contributed by atoms with Crippen LogP contribution in [0.5, 0.6) is 0 Å². The second-order valence-electron chi connectivity index (χ2n) is 3.54. The van der Waals surface area contributed by atoms with E-state index in [2.05, 4.69) is 5.32 Å². The van der Waals surface area contributed by atoms with Crippen LogP contribution in [0.4, 0.5) is 14.5 Å². The van der Waals surface area contributed by atoms with E-state index in [1.807, 2.05) is 13.8 Å². The zero-order valence-corrected chi connectivity index (χ0v) is 9.96. The van der Waals surface area contributed by atoms with Gasteiger partial charge in [0.15, 0.2) is 0 Å². The number of nitrogens with zero attached hydrogens (tertiary/aromatic N) is 1. The molecule has 0 bridgehead atoms. The Morgan fingerprint density at radius 3 is 2.53 bits per heavy atom. The van der Waals surface area contributed by atoms with Crippen molar-refractivity contribution in [2.45, 2.75) is 13.8 Å². The van der Waals surface area contributed by atoms with Crippen molar-refractivity contribution in [3.63, 3.8) is 0 Å². The summed E-state index contributed by atoms with van der Waals surface area (Å²) in [4.78, 5) is 13.2. The van der Waals surface area contributed by atoms with E-state index in [1.54, 1.807) is 4.90 Å². The van der Waals surface area contributed by atoms with Crippen LogP contribution in [0.15, 0.2) is 18.2 Å². The minimum Gasteiger partial charge on any atom is -0.374 e. The minimum absolute atomic E-state index is 0.00510. The fourth-order valence-corrected chi connectivity index (χ4v) is 1.49. The Balaban J connectivity index is 2.61. The lowest BCUT2D eigenvalue weighted by Crippen LogP contribution is -2.35. The molecule has 0 heterocycles. The number of carbonyl (C=O) groups excluding carboxylic acids is 1. The molecule has 5 heteroatoms.